The van der Waals surface area contributed by atoms with Gasteiger partial charge in [-0.25, -0.2) is 13.4 Å². The second kappa shape index (κ2) is 7.87. The number of hydrogen-bond donors (Lipinski definition) is 1. The third kappa shape index (κ3) is 4.41. The Hall–Kier alpha value is -1.87. The van der Waals surface area contributed by atoms with E-state index in [1.165, 1.54) is 11.8 Å². The van der Waals surface area contributed by atoms with E-state index in [1.807, 2.05) is 26.0 Å². The van der Waals surface area contributed by atoms with Gasteiger partial charge in [0.05, 0.1) is 33.7 Å². The molecule has 0 radical (unpaired) electrons. The number of hydrogen-bond acceptors (Lipinski definition) is 6. The highest BCUT2D eigenvalue weighted by Crippen LogP contribution is 2.25. The first kappa shape index (κ1) is 20.9. The van der Waals surface area contributed by atoms with Crippen molar-refractivity contribution in [2.24, 2.45) is 0 Å². The number of para-hydroxylation sites is 1. The van der Waals surface area contributed by atoms with Crippen LogP contribution in [0.15, 0.2) is 34.2 Å². The second-order valence-corrected chi connectivity index (χ2v) is 10.7. The molecule has 1 N–H and O–H groups in total. The van der Waals surface area contributed by atoms with Crippen LogP contribution in [0.25, 0.3) is 10.9 Å². The highest BCUT2D eigenvalue weighted by Gasteiger charge is 2.39. The number of nitrogens with one attached hydrogen (secondary N) is 1. The van der Waals surface area contributed by atoms with E-state index < -0.39 is 15.4 Å². The number of fused-ring (bicyclic) bond motifs is 1. The minimum Gasteiger partial charge on any atom is -0.349 e. The van der Waals surface area contributed by atoms with Gasteiger partial charge in [-0.2, -0.15) is 0 Å². The molecule has 28 heavy (non-hydrogen) atoms. The molecule has 2 aromatic rings. The van der Waals surface area contributed by atoms with E-state index in [1.54, 1.807) is 23.6 Å². The van der Waals surface area contributed by atoms with Crippen LogP contribution in [-0.4, -0.2) is 46.7 Å². The first-order valence-corrected chi connectivity index (χ1v) is 12.1. The predicted octanol–water partition coefficient (Wildman–Crippen LogP) is 2.15. The Morgan fingerprint density at radius 1 is 1.39 bits per heavy atom. The monoisotopic (exact) mass is 423 g/mol. The smallest absolute Gasteiger partial charge is 0.262 e. The second-order valence-electron chi connectivity index (χ2n) is 7.58. The largest absolute Gasteiger partial charge is 0.349 e. The SMILES string of the molecule is CC[C@H](C)n1c(SCC(=O)N[C@@]2(C)CCS(=O)(=O)C2)nc2ccccc2c1=O. The molecule has 0 aliphatic carbocycles. The fourth-order valence-corrected chi connectivity index (χ4v) is 6.40. The van der Waals surface area contributed by atoms with Crippen molar-refractivity contribution in [3.05, 3.63) is 34.6 Å². The summed E-state index contributed by atoms with van der Waals surface area (Å²) in [5, 5.41) is 3.89. The molecule has 2 heterocycles. The molecular weight excluding hydrogens is 398 g/mol. The van der Waals surface area contributed by atoms with E-state index >= 15 is 0 Å². The molecule has 1 amide bonds. The number of rotatable bonds is 6. The minimum atomic E-state index is -3.10. The molecule has 0 unspecified atom stereocenters. The van der Waals surface area contributed by atoms with E-state index in [-0.39, 0.29) is 34.8 Å². The summed E-state index contributed by atoms with van der Waals surface area (Å²) in [7, 11) is -3.10. The summed E-state index contributed by atoms with van der Waals surface area (Å²) in [6, 6.07) is 7.12. The van der Waals surface area contributed by atoms with Gasteiger partial charge in [0.2, 0.25) is 5.91 Å². The maximum absolute atomic E-state index is 12.9. The number of thioether (sulfide) groups is 1. The number of aromatic nitrogens is 2. The van der Waals surface area contributed by atoms with Crippen molar-refractivity contribution >= 4 is 38.4 Å². The van der Waals surface area contributed by atoms with Crippen LogP contribution in [0.5, 0.6) is 0 Å². The van der Waals surface area contributed by atoms with Gasteiger partial charge >= 0.3 is 0 Å². The summed E-state index contributed by atoms with van der Waals surface area (Å²) >= 11 is 1.20. The van der Waals surface area contributed by atoms with Gasteiger partial charge in [-0.3, -0.25) is 14.2 Å². The van der Waals surface area contributed by atoms with Crippen LogP contribution in [0.3, 0.4) is 0 Å². The number of sulfone groups is 1. The molecule has 1 aliphatic rings. The van der Waals surface area contributed by atoms with Gasteiger partial charge in [0, 0.05) is 6.04 Å². The number of amides is 1. The maximum atomic E-state index is 12.9. The van der Waals surface area contributed by atoms with Gasteiger partial charge in [-0.05, 0) is 38.8 Å². The van der Waals surface area contributed by atoms with Crippen molar-refractivity contribution in [1.29, 1.82) is 0 Å². The molecule has 7 nitrogen and oxygen atoms in total. The van der Waals surface area contributed by atoms with Crippen LogP contribution in [0.4, 0.5) is 0 Å². The fraction of sp³-hybridized carbons (Fsp3) is 0.526. The molecule has 1 aromatic heterocycles. The summed E-state index contributed by atoms with van der Waals surface area (Å²) < 4.78 is 25.1. The zero-order valence-corrected chi connectivity index (χ0v) is 17.9. The summed E-state index contributed by atoms with van der Waals surface area (Å²) in [5.41, 5.74) is -0.246. The summed E-state index contributed by atoms with van der Waals surface area (Å²) in [4.78, 5) is 30.0. The van der Waals surface area contributed by atoms with Gasteiger partial charge in [0.1, 0.15) is 0 Å². The zero-order chi connectivity index (χ0) is 20.5. The van der Waals surface area contributed by atoms with Crippen LogP contribution in [0, 0.1) is 0 Å². The number of benzene rings is 1. The normalized spacial score (nSPS) is 22.2. The molecule has 3 rings (SSSR count). The number of carbonyl (C=O) groups is 1. The van der Waals surface area contributed by atoms with Crippen molar-refractivity contribution in [3.8, 4) is 0 Å². The number of nitrogens with zero attached hydrogens (tertiary/aromatic N) is 2. The minimum absolute atomic E-state index is 0.0395. The Labute approximate surface area is 168 Å². The summed E-state index contributed by atoms with van der Waals surface area (Å²) in [6.07, 6.45) is 1.17. The molecule has 9 heteroatoms. The van der Waals surface area contributed by atoms with Crippen molar-refractivity contribution in [2.75, 3.05) is 17.3 Å². The third-order valence-corrected chi connectivity index (χ3v) is 7.94. The lowest BCUT2D eigenvalue weighted by Crippen LogP contribution is -2.47. The van der Waals surface area contributed by atoms with E-state index in [2.05, 4.69) is 10.3 Å². The molecule has 152 valence electrons. The Balaban J connectivity index is 1.82. The van der Waals surface area contributed by atoms with Gasteiger partial charge in [-0.15, -0.1) is 0 Å². The lowest BCUT2D eigenvalue weighted by molar-refractivity contribution is -0.120. The first-order chi connectivity index (χ1) is 13.1. The van der Waals surface area contributed by atoms with Gasteiger partial charge in [0.25, 0.3) is 5.56 Å². The highest BCUT2D eigenvalue weighted by atomic mass is 32.2. The topological polar surface area (TPSA) is 98.1 Å². The van der Waals surface area contributed by atoms with Gasteiger partial charge in [-0.1, -0.05) is 30.8 Å². The summed E-state index contributed by atoms with van der Waals surface area (Å²) in [5.74, 6) is -0.141. The average molecular weight is 424 g/mol. The van der Waals surface area contributed by atoms with E-state index in [4.69, 9.17) is 0 Å². The molecule has 1 saturated heterocycles. The molecule has 1 aliphatic heterocycles. The molecular formula is C19H25N3O4S2. The lowest BCUT2D eigenvalue weighted by atomic mass is 10.0. The molecule has 2 atom stereocenters. The van der Waals surface area contributed by atoms with Crippen LogP contribution in [0.1, 0.15) is 39.7 Å². The van der Waals surface area contributed by atoms with Gasteiger partial charge < -0.3 is 5.32 Å². The van der Waals surface area contributed by atoms with Crippen molar-refractivity contribution in [3.63, 3.8) is 0 Å². The third-order valence-electron chi connectivity index (χ3n) is 5.08. The Kier molecular flexibility index (Phi) is 5.86. The Morgan fingerprint density at radius 3 is 2.75 bits per heavy atom. The van der Waals surface area contributed by atoms with Gasteiger partial charge in [0.15, 0.2) is 15.0 Å². The Bertz CT molecular complexity index is 1060. The summed E-state index contributed by atoms with van der Waals surface area (Å²) in [6.45, 7) is 5.70. The van der Waals surface area contributed by atoms with Crippen molar-refractivity contribution in [2.45, 2.75) is 50.4 Å². The van der Waals surface area contributed by atoms with Crippen LogP contribution in [0.2, 0.25) is 0 Å². The predicted molar refractivity (Wildman–Crippen MR) is 112 cm³/mol. The highest BCUT2D eigenvalue weighted by molar-refractivity contribution is 7.99. The maximum Gasteiger partial charge on any atom is 0.262 e. The quantitative estimate of drug-likeness (QED) is 0.565. The van der Waals surface area contributed by atoms with Crippen LogP contribution >= 0.6 is 11.8 Å². The molecule has 0 bridgehead atoms. The van der Waals surface area contributed by atoms with E-state index in [0.29, 0.717) is 22.5 Å². The van der Waals surface area contributed by atoms with E-state index in [0.717, 1.165) is 6.42 Å². The van der Waals surface area contributed by atoms with E-state index in [9.17, 15) is 18.0 Å². The van der Waals surface area contributed by atoms with Crippen molar-refractivity contribution < 1.29 is 13.2 Å². The van der Waals surface area contributed by atoms with Crippen LogP contribution in [-0.2, 0) is 14.6 Å². The molecule has 0 saturated carbocycles. The standard InChI is InChI=1S/C19H25N3O4S2/c1-4-13(2)22-17(24)14-7-5-6-8-15(14)20-18(22)27-11-16(23)21-19(3)9-10-28(25,26)12-19/h5-8,13H,4,9-12H2,1-3H3,(H,21,23)/t13-,19-/m0/s1. The molecule has 1 fully saturated rings. The molecule has 1 aromatic carbocycles. The average Bonchev–Trinajstić information content (AvgIpc) is 2.92. The first-order valence-electron chi connectivity index (χ1n) is 9.30. The fourth-order valence-electron chi connectivity index (χ4n) is 3.41. The molecule has 0 spiro atoms. The number of carbonyl (C=O) groups excluding carboxylic acids is 1. The zero-order valence-electron chi connectivity index (χ0n) is 16.3. The Morgan fingerprint density at radius 2 is 2.11 bits per heavy atom. The van der Waals surface area contributed by atoms with Crippen LogP contribution < -0.4 is 10.9 Å². The van der Waals surface area contributed by atoms with Crippen molar-refractivity contribution in [1.82, 2.24) is 14.9 Å². The lowest BCUT2D eigenvalue weighted by Gasteiger charge is -2.24.